The summed E-state index contributed by atoms with van der Waals surface area (Å²) in [7, 11) is 0. The van der Waals surface area contributed by atoms with Crippen molar-refractivity contribution in [2.24, 2.45) is 0 Å². The van der Waals surface area contributed by atoms with Crippen LogP contribution in [0.5, 0.6) is 0 Å². The van der Waals surface area contributed by atoms with Gasteiger partial charge in [-0.1, -0.05) is 24.3 Å². The standard InChI is InChI=1S/C20H21N3OS/c1-13-19(25-14(2)22-13)20(24)23-9-7-15(8-10-23)18-11-16-5-3-4-6-17(16)12-21-18/h3-6,11-12,15H,7-10H2,1-2H3. The second kappa shape index (κ2) is 6.56. The predicted octanol–water partition coefficient (Wildman–Crippen LogP) is 4.33. The quantitative estimate of drug-likeness (QED) is 0.690. The van der Waals surface area contributed by atoms with E-state index in [9.17, 15) is 4.79 Å². The SMILES string of the molecule is Cc1nc(C)c(C(=O)N2CCC(c3cc4ccccc4cn3)CC2)s1. The highest BCUT2D eigenvalue weighted by Gasteiger charge is 2.27. The van der Waals surface area contributed by atoms with E-state index in [1.54, 1.807) is 0 Å². The van der Waals surface area contributed by atoms with Gasteiger partial charge in [0.15, 0.2) is 0 Å². The smallest absolute Gasteiger partial charge is 0.265 e. The van der Waals surface area contributed by atoms with Gasteiger partial charge in [0.25, 0.3) is 5.91 Å². The summed E-state index contributed by atoms with van der Waals surface area (Å²) < 4.78 is 0. The Kier molecular flexibility index (Phi) is 4.25. The number of piperidine rings is 1. The summed E-state index contributed by atoms with van der Waals surface area (Å²) in [5.41, 5.74) is 2.00. The molecular weight excluding hydrogens is 330 g/mol. The molecule has 3 aromatic rings. The van der Waals surface area contributed by atoms with Crippen LogP contribution in [-0.2, 0) is 0 Å². The second-order valence-corrected chi connectivity index (χ2v) is 7.87. The van der Waals surface area contributed by atoms with Gasteiger partial charge in [-0.05, 0) is 38.1 Å². The van der Waals surface area contributed by atoms with E-state index < -0.39 is 0 Å². The molecule has 0 atom stereocenters. The largest absolute Gasteiger partial charge is 0.338 e. The Hall–Kier alpha value is -2.27. The van der Waals surface area contributed by atoms with Gasteiger partial charge >= 0.3 is 0 Å². The maximum atomic E-state index is 12.7. The molecule has 128 valence electrons. The molecule has 0 saturated carbocycles. The fourth-order valence-electron chi connectivity index (χ4n) is 3.58. The minimum absolute atomic E-state index is 0.132. The molecule has 0 bridgehead atoms. The number of thiazole rings is 1. The van der Waals surface area contributed by atoms with Crippen LogP contribution in [-0.4, -0.2) is 33.9 Å². The third-order valence-electron chi connectivity index (χ3n) is 4.95. The number of benzene rings is 1. The number of aryl methyl sites for hydroxylation is 2. The Balaban J connectivity index is 1.47. The molecule has 1 fully saturated rings. The van der Waals surface area contributed by atoms with Crippen molar-refractivity contribution in [2.45, 2.75) is 32.6 Å². The summed E-state index contributed by atoms with van der Waals surface area (Å²) in [4.78, 5) is 24.5. The topological polar surface area (TPSA) is 46.1 Å². The Morgan fingerprint density at radius 1 is 1.16 bits per heavy atom. The Morgan fingerprint density at radius 3 is 2.56 bits per heavy atom. The van der Waals surface area contributed by atoms with Gasteiger partial charge < -0.3 is 4.90 Å². The lowest BCUT2D eigenvalue weighted by molar-refractivity contribution is 0.0716. The Bertz CT molecular complexity index is 926. The Morgan fingerprint density at radius 2 is 1.88 bits per heavy atom. The number of aromatic nitrogens is 2. The van der Waals surface area contributed by atoms with Crippen molar-refractivity contribution in [3.63, 3.8) is 0 Å². The van der Waals surface area contributed by atoms with Crippen LogP contribution < -0.4 is 0 Å². The van der Waals surface area contributed by atoms with E-state index in [-0.39, 0.29) is 5.91 Å². The van der Waals surface area contributed by atoms with Gasteiger partial charge in [-0.15, -0.1) is 11.3 Å². The third kappa shape index (κ3) is 3.16. The molecule has 0 aliphatic carbocycles. The highest BCUT2D eigenvalue weighted by molar-refractivity contribution is 7.13. The minimum Gasteiger partial charge on any atom is -0.338 e. The zero-order chi connectivity index (χ0) is 17.4. The van der Waals surface area contributed by atoms with E-state index in [1.807, 2.05) is 31.0 Å². The molecule has 1 aliphatic rings. The lowest BCUT2D eigenvalue weighted by atomic mass is 9.92. The van der Waals surface area contributed by atoms with Gasteiger partial charge in [0.2, 0.25) is 0 Å². The van der Waals surface area contributed by atoms with Crippen LogP contribution in [0.2, 0.25) is 0 Å². The zero-order valence-corrected chi connectivity index (χ0v) is 15.3. The first-order valence-electron chi connectivity index (χ1n) is 8.70. The van der Waals surface area contributed by atoms with E-state index in [0.29, 0.717) is 5.92 Å². The van der Waals surface area contributed by atoms with Crippen LogP contribution in [0.3, 0.4) is 0 Å². The number of amides is 1. The van der Waals surface area contributed by atoms with Crippen LogP contribution in [0.15, 0.2) is 36.5 Å². The van der Waals surface area contributed by atoms with Crippen molar-refractivity contribution in [1.82, 2.24) is 14.9 Å². The number of hydrogen-bond acceptors (Lipinski definition) is 4. The first-order valence-corrected chi connectivity index (χ1v) is 9.51. The monoisotopic (exact) mass is 351 g/mol. The van der Waals surface area contributed by atoms with Crippen molar-refractivity contribution in [2.75, 3.05) is 13.1 Å². The fraction of sp³-hybridized carbons (Fsp3) is 0.350. The molecule has 1 amide bonds. The van der Waals surface area contributed by atoms with Crippen LogP contribution in [0, 0.1) is 13.8 Å². The molecule has 5 heteroatoms. The van der Waals surface area contributed by atoms with E-state index in [4.69, 9.17) is 0 Å². The predicted molar refractivity (Wildman–Crippen MR) is 101 cm³/mol. The number of carbonyl (C=O) groups is 1. The molecule has 1 aliphatic heterocycles. The van der Waals surface area contributed by atoms with Crippen molar-refractivity contribution < 1.29 is 4.79 Å². The fourth-order valence-corrected chi connectivity index (χ4v) is 4.46. The number of hydrogen-bond donors (Lipinski definition) is 0. The first kappa shape index (κ1) is 16.2. The summed E-state index contributed by atoms with van der Waals surface area (Å²) in [5, 5.41) is 3.37. The normalized spacial score (nSPS) is 15.7. The van der Waals surface area contributed by atoms with Gasteiger partial charge in [0.05, 0.1) is 10.7 Å². The van der Waals surface area contributed by atoms with Crippen molar-refractivity contribution in [1.29, 1.82) is 0 Å². The first-order chi connectivity index (χ1) is 12.1. The molecule has 4 nitrogen and oxygen atoms in total. The minimum atomic E-state index is 0.132. The van der Waals surface area contributed by atoms with Crippen LogP contribution >= 0.6 is 11.3 Å². The molecule has 3 heterocycles. The zero-order valence-electron chi connectivity index (χ0n) is 14.5. The average Bonchev–Trinajstić information content (AvgIpc) is 2.99. The lowest BCUT2D eigenvalue weighted by Crippen LogP contribution is -2.38. The van der Waals surface area contributed by atoms with Gasteiger partial charge in [-0.25, -0.2) is 4.98 Å². The summed E-state index contributed by atoms with van der Waals surface area (Å²) in [5.74, 6) is 0.561. The van der Waals surface area contributed by atoms with Gasteiger partial charge in [-0.3, -0.25) is 9.78 Å². The highest BCUT2D eigenvalue weighted by Crippen LogP contribution is 2.30. The summed E-state index contributed by atoms with van der Waals surface area (Å²) in [6, 6.07) is 10.5. The molecule has 2 aromatic heterocycles. The number of pyridine rings is 1. The third-order valence-corrected chi connectivity index (χ3v) is 6.01. The molecule has 0 N–H and O–H groups in total. The molecule has 1 saturated heterocycles. The lowest BCUT2D eigenvalue weighted by Gasteiger charge is -2.31. The van der Waals surface area contributed by atoms with E-state index >= 15 is 0 Å². The highest BCUT2D eigenvalue weighted by atomic mass is 32.1. The molecule has 0 radical (unpaired) electrons. The average molecular weight is 351 g/mol. The number of nitrogens with zero attached hydrogens (tertiary/aromatic N) is 3. The van der Waals surface area contributed by atoms with E-state index in [0.717, 1.165) is 47.2 Å². The molecule has 0 spiro atoms. The summed E-state index contributed by atoms with van der Waals surface area (Å²) in [6.45, 7) is 5.44. The van der Waals surface area contributed by atoms with Crippen molar-refractivity contribution in [3.05, 3.63) is 57.8 Å². The van der Waals surface area contributed by atoms with Crippen molar-refractivity contribution in [3.8, 4) is 0 Å². The number of rotatable bonds is 2. The Labute approximate surface area is 151 Å². The second-order valence-electron chi connectivity index (χ2n) is 6.67. The maximum Gasteiger partial charge on any atom is 0.265 e. The molecule has 0 unspecified atom stereocenters. The maximum absolute atomic E-state index is 12.7. The summed E-state index contributed by atoms with van der Waals surface area (Å²) in [6.07, 6.45) is 3.90. The van der Waals surface area contributed by atoms with Gasteiger partial charge in [-0.2, -0.15) is 0 Å². The van der Waals surface area contributed by atoms with E-state index in [2.05, 4.69) is 34.2 Å². The van der Waals surface area contributed by atoms with Crippen LogP contribution in [0.25, 0.3) is 10.8 Å². The molecule has 1 aromatic carbocycles. The number of carbonyl (C=O) groups excluding carboxylic acids is 1. The summed E-state index contributed by atoms with van der Waals surface area (Å²) >= 11 is 1.50. The molecule has 4 rings (SSSR count). The van der Waals surface area contributed by atoms with E-state index in [1.165, 1.54) is 22.1 Å². The number of fused-ring (bicyclic) bond motifs is 1. The molecular formula is C20H21N3OS. The van der Waals surface area contributed by atoms with Crippen LogP contribution in [0.1, 0.15) is 44.8 Å². The van der Waals surface area contributed by atoms with Gasteiger partial charge in [0, 0.05) is 36.3 Å². The molecule has 25 heavy (non-hydrogen) atoms. The number of likely N-dealkylation sites (tertiary alicyclic amines) is 1. The van der Waals surface area contributed by atoms with Gasteiger partial charge in [0.1, 0.15) is 4.88 Å². The van der Waals surface area contributed by atoms with Crippen molar-refractivity contribution >= 4 is 28.0 Å². The van der Waals surface area contributed by atoms with Crippen LogP contribution in [0.4, 0.5) is 0 Å².